The predicted molar refractivity (Wildman–Crippen MR) is 120 cm³/mol. The van der Waals surface area contributed by atoms with E-state index >= 15 is 0 Å². The van der Waals surface area contributed by atoms with Gasteiger partial charge in [-0.25, -0.2) is 4.98 Å². The predicted octanol–water partition coefficient (Wildman–Crippen LogP) is 0.101. The molecule has 174 valence electrons. The zero-order valence-corrected chi connectivity index (χ0v) is 19.4. The van der Waals surface area contributed by atoms with Crippen LogP contribution in [0.3, 0.4) is 0 Å². The average molecular weight is 455 g/mol. The van der Waals surface area contributed by atoms with Crippen LogP contribution in [0.1, 0.15) is 45.7 Å². The second-order valence-corrected chi connectivity index (χ2v) is 8.68. The minimum Gasteiger partial charge on any atom is -0.368 e. The first-order valence-corrected chi connectivity index (χ1v) is 11.7. The topological polar surface area (TPSA) is 159 Å². The molecule has 0 saturated carbocycles. The number of rotatable bonds is 14. The summed E-state index contributed by atoms with van der Waals surface area (Å²) in [6, 6.07) is -2.56. The molecular formula is C20H34N6O4S. The zero-order chi connectivity index (χ0) is 23.4. The number of imidazole rings is 1. The molecule has 2 unspecified atom stereocenters. The van der Waals surface area contributed by atoms with Crippen molar-refractivity contribution in [2.45, 2.75) is 64.6 Å². The lowest BCUT2D eigenvalue weighted by atomic mass is 10.0. The minimum atomic E-state index is -0.876. The lowest BCUT2D eigenvalue weighted by Crippen LogP contribution is -2.57. The molecule has 0 aromatic carbocycles. The van der Waals surface area contributed by atoms with Crippen molar-refractivity contribution in [2.24, 2.45) is 11.7 Å². The maximum atomic E-state index is 13.0. The standard InChI is InChI=1S/C20H34N6O4S/c1-5-17(27)24-16(9-13-10-22-11-23-13)20(30)26-15(8-12(2)3)19(29)25-14(18(21)28)6-7-31-4/h10-12,14-16H,5-9H2,1-4H3,(H2,21,28)(H,22,23)(H,24,27)(H,25,29)(H,26,30)/t14?,15-,16?/m0/s1. The normalized spacial score (nSPS) is 13.8. The zero-order valence-electron chi connectivity index (χ0n) is 18.6. The molecule has 31 heavy (non-hydrogen) atoms. The summed E-state index contributed by atoms with van der Waals surface area (Å²) < 4.78 is 0. The third kappa shape index (κ3) is 9.86. The number of aromatic nitrogens is 2. The van der Waals surface area contributed by atoms with Crippen LogP contribution in [0.25, 0.3) is 0 Å². The Hall–Kier alpha value is -2.56. The van der Waals surface area contributed by atoms with Gasteiger partial charge in [0.2, 0.25) is 23.6 Å². The third-order valence-electron chi connectivity index (χ3n) is 4.56. The second-order valence-electron chi connectivity index (χ2n) is 7.69. The Morgan fingerprint density at radius 3 is 2.26 bits per heavy atom. The van der Waals surface area contributed by atoms with Crippen molar-refractivity contribution < 1.29 is 19.2 Å². The number of thioether (sulfide) groups is 1. The number of amides is 4. The number of nitrogens with zero attached hydrogens (tertiary/aromatic N) is 1. The van der Waals surface area contributed by atoms with Crippen LogP contribution < -0.4 is 21.7 Å². The summed E-state index contributed by atoms with van der Waals surface area (Å²) in [5, 5.41) is 8.07. The summed E-state index contributed by atoms with van der Waals surface area (Å²) in [6.07, 6.45) is 6.14. The van der Waals surface area contributed by atoms with E-state index in [1.165, 1.54) is 6.33 Å². The molecular weight excluding hydrogens is 420 g/mol. The van der Waals surface area contributed by atoms with Crippen LogP contribution in [-0.4, -0.2) is 63.7 Å². The highest BCUT2D eigenvalue weighted by Crippen LogP contribution is 2.08. The van der Waals surface area contributed by atoms with Crippen LogP contribution in [0.5, 0.6) is 0 Å². The van der Waals surface area contributed by atoms with E-state index in [0.29, 0.717) is 24.3 Å². The molecule has 3 atom stereocenters. The number of carbonyl (C=O) groups is 4. The van der Waals surface area contributed by atoms with Crippen LogP contribution >= 0.6 is 11.8 Å². The summed E-state index contributed by atoms with van der Waals surface area (Å²) >= 11 is 1.54. The maximum Gasteiger partial charge on any atom is 0.243 e. The fraction of sp³-hybridized carbons (Fsp3) is 0.650. The molecule has 1 aromatic rings. The van der Waals surface area contributed by atoms with E-state index in [-0.39, 0.29) is 24.7 Å². The largest absolute Gasteiger partial charge is 0.368 e. The monoisotopic (exact) mass is 454 g/mol. The van der Waals surface area contributed by atoms with Gasteiger partial charge in [0.1, 0.15) is 18.1 Å². The van der Waals surface area contributed by atoms with Gasteiger partial charge in [0, 0.05) is 24.7 Å². The third-order valence-corrected chi connectivity index (χ3v) is 5.21. The molecule has 0 aliphatic heterocycles. The van der Waals surface area contributed by atoms with E-state index in [0.717, 1.165) is 0 Å². The van der Waals surface area contributed by atoms with Crippen molar-refractivity contribution in [3.63, 3.8) is 0 Å². The van der Waals surface area contributed by atoms with Crippen LogP contribution in [0.4, 0.5) is 0 Å². The number of nitrogens with two attached hydrogens (primary N) is 1. The number of carbonyl (C=O) groups excluding carboxylic acids is 4. The Morgan fingerprint density at radius 1 is 1.10 bits per heavy atom. The lowest BCUT2D eigenvalue weighted by molar-refractivity contribution is -0.133. The van der Waals surface area contributed by atoms with Crippen LogP contribution in [0, 0.1) is 5.92 Å². The van der Waals surface area contributed by atoms with Gasteiger partial charge in [0.15, 0.2) is 0 Å². The first kappa shape index (κ1) is 26.5. The highest BCUT2D eigenvalue weighted by molar-refractivity contribution is 7.98. The van der Waals surface area contributed by atoms with Crippen molar-refractivity contribution in [3.05, 3.63) is 18.2 Å². The lowest BCUT2D eigenvalue weighted by Gasteiger charge is -2.25. The quantitative estimate of drug-likeness (QED) is 0.268. The number of H-pyrrole nitrogens is 1. The molecule has 1 rings (SSSR count). The van der Waals surface area contributed by atoms with Gasteiger partial charge in [-0.15, -0.1) is 0 Å². The van der Waals surface area contributed by atoms with Crippen LogP contribution in [-0.2, 0) is 25.6 Å². The SMILES string of the molecule is CCC(=O)NC(Cc1cnc[nH]1)C(=O)N[C@@H](CC(C)C)C(=O)NC(CCSC)C(N)=O. The van der Waals surface area contributed by atoms with Gasteiger partial charge in [-0.2, -0.15) is 11.8 Å². The molecule has 0 aliphatic rings. The van der Waals surface area contributed by atoms with Crippen molar-refractivity contribution >= 4 is 35.4 Å². The molecule has 0 saturated heterocycles. The molecule has 4 amide bonds. The Labute approximate surface area is 187 Å². The van der Waals surface area contributed by atoms with Gasteiger partial charge in [0.25, 0.3) is 0 Å². The first-order valence-electron chi connectivity index (χ1n) is 10.3. The molecule has 11 heteroatoms. The van der Waals surface area contributed by atoms with Gasteiger partial charge in [-0.1, -0.05) is 20.8 Å². The van der Waals surface area contributed by atoms with Crippen LogP contribution in [0.2, 0.25) is 0 Å². The van der Waals surface area contributed by atoms with E-state index in [4.69, 9.17) is 5.73 Å². The van der Waals surface area contributed by atoms with Gasteiger partial charge in [-0.3, -0.25) is 19.2 Å². The summed E-state index contributed by atoms with van der Waals surface area (Å²) in [6.45, 7) is 5.54. The molecule has 0 spiro atoms. The Kier molecular flexibility index (Phi) is 11.7. The number of primary amides is 1. The van der Waals surface area contributed by atoms with Crippen molar-refractivity contribution in [2.75, 3.05) is 12.0 Å². The molecule has 0 fully saturated rings. The van der Waals surface area contributed by atoms with E-state index in [1.54, 1.807) is 24.9 Å². The fourth-order valence-electron chi connectivity index (χ4n) is 2.89. The Morgan fingerprint density at radius 2 is 1.74 bits per heavy atom. The molecule has 0 bridgehead atoms. The Bertz CT molecular complexity index is 725. The number of aromatic amines is 1. The Balaban J connectivity index is 2.94. The molecule has 6 N–H and O–H groups in total. The van der Waals surface area contributed by atoms with Crippen LogP contribution in [0.15, 0.2) is 12.5 Å². The molecule has 0 aliphatic carbocycles. The summed E-state index contributed by atoms with van der Waals surface area (Å²) in [7, 11) is 0. The van der Waals surface area contributed by atoms with Gasteiger partial charge in [-0.05, 0) is 30.8 Å². The minimum absolute atomic E-state index is 0.102. The van der Waals surface area contributed by atoms with Crippen molar-refractivity contribution in [1.29, 1.82) is 0 Å². The maximum absolute atomic E-state index is 13.0. The van der Waals surface area contributed by atoms with E-state index < -0.39 is 35.8 Å². The van der Waals surface area contributed by atoms with Gasteiger partial charge >= 0.3 is 0 Å². The molecule has 0 radical (unpaired) electrons. The smallest absolute Gasteiger partial charge is 0.243 e. The van der Waals surface area contributed by atoms with Gasteiger partial charge in [0.05, 0.1) is 6.33 Å². The number of hydrogen-bond donors (Lipinski definition) is 5. The van der Waals surface area contributed by atoms with Gasteiger partial charge < -0.3 is 26.7 Å². The summed E-state index contributed by atoms with van der Waals surface area (Å²) in [5.74, 6) is -1.11. The molecule has 1 heterocycles. The van der Waals surface area contributed by atoms with E-state index in [1.807, 2.05) is 20.1 Å². The average Bonchev–Trinajstić information content (AvgIpc) is 3.22. The highest BCUT2D eigenvalue weighted by Gasteiger charge is 2.29. The number of nitrogens with one attached hydrogen (secondary N) is 4. The molecule has 1 aromatic heterocycles. The first-order chi connectivity index (χ1) is 14.7. The van der Waals surface area contributed by atoms with E-state index in [2.05, 4.69) is 25.9 Å². The second kappa shape index (κ2) is 13.7. The van der Waals surface area contributed by atoms with E-state index in [9.17, 15) is 19.2 Å². The fourth-order valence-corrected chi connectivity index (χ4v) is 3.36. The molecule has 10 nitrogen and oxygen atoms in total. The number of hydrogen-bond acceptors (Lipinski definition) is 6. The van der Waals surface area contributed by atoms with Crippen molar-refractivity contribution in [1.82, 2.24) is 25.9 Å². The summed E-state index contributed by atoms with van der Waals surface area (Å²) in [4.78, 5) is 56.3. The highest BCUT2D eigenvalue weighted by atomic mass is 32.2. The summed E-state index contributed by atoms with van der Waals surface area (Å²) in [5.41, 5.74) is 6.09. The van der Waals surface area contributed by atoms with Crippen molar-refractivity contribution in [3.8, 4) is 0 Å².